The Bertz CT molecular complexity index is 1390. The molecule has 1 saturated carbocycles. The fourth-order valence-corrected chi connectivity index (χ4v) is 6.35. The Labute approximate surface area is 243 Å². The van der Waals surface area contributed by atoms with E-state index in [4.69, 9.17) is 0 Å². The van der Waals surface area contributed by atoms with E-state index in [1.165, 1.54) is 5.56 Å². The lowest BCUT2D eigenvalue weighted by Crippen LogP contribution is -2.55. The van der Waals surface area contributed by atoms with Crippen molar-refractivity contribution in [2.75, 3.05) is 0 Å². The van der Waals surface area contributed by atoms with Gasteiger partial charge >= 0.3 is 5.97 Å². The van der Waals surface area contributed by atoms with Crippen LogP contribution in [0.2, 0.25) is 0 Å². The number of Topliss-reactive ketones (excluding diaryl/α,β-unsaturated/α-hetero) is 2. The van der Waals surface area contributed by atoms with Crippen molar-refractivity contribution in [3.8, 4) is 0 Å². The van der Waals surface area contributed by atoms with Gasteiger partial charge in [0.25, 0.3) is 0 Å². The van der Waals surface area contributed by atoms with E-state index in [0.29, 0.717) is 42.4 Å². The number of ketones is 3. The number of carboxylic acid groups (broad SMARTS) is 1. The van der Waals surface area contributed by atoms with Crippen molar-refractivity contribution in [2.24, 2.45) is 17.3 Å². The van der Waals surface area contributed by atoms with E-state index in [-0.39, 0.29) is 18.1 Å². The van der Waals surface area contributed by atoms with E-state index >= 15 is 0 Å². The van der Waals surface area contributed by atoms with Crippen LogP contribution in [0, 0.1) is 17.3 Å². The lowest BCUT2D eigenvalue weighted by atomic mass is 9.55. The van der Waals surface area contributed by atoms with E-state index in [9.17, 15) is 24.3 Å². The van der Waals surface area contributed by atoms with Gasteiger partial charge in [-0.25, -0.2) is 0 Å². The summed E-state index contributed by atoms with van der Waals surface area (Å²) in [7, 11) is 0. The normalized spacial score (nSPS) is 20.8. The summed E-state index contributed by atoms with van der Waals surface area (Å²) >= 11 is 0. The van der Waals surface area contributed by atoms with E-state index in [1.54, 1.807) is 62.4 Å². The van der Waals surface area contributed by atoms with E-state index < -0.39 is 34.3 Å². The first-order valence-corrected chi connectivity index (χ1v) is 14.7. The molecule has 5 nitrogen and oxygen atoms in total. The predicted molar refractivity (Wildman–Crippen MR) is 160 cm³/mol. The van der Waals surface area contributed by atoms with Crippen molar-refractivity contribution >= 4 is 23.3 Å². The molecule has 0 amide bonds. The fourth-order valence-electron chi connectivity index (χ4n) is 6.35. The molecule has 3 unspecified atom stereocenters. The summed E-state index contributed by atoms with van der Waals surface area (Å²) < 4.78 is 0. The molecule has 3 aromatic carbocycles. The zero-order chi connectivity index (χ0) is 29.6. The molecule has 0 radical (unpaired) electrons. The molecule has 1 aliphatic rings. The molecule has 0 saturated heterocycles. The van der Waals surface area contributed by atoms with Gasteiger partial charge in [-0.15, -0.1) is 0 Å². The number of hydrogen-bond donors (Lipinski definition) is 1. The molecule has 3 atom stereocenters. The lowest BCUT2D eigenvalue weighted by Gasteiger charge is -2.45. The molecule has 0 aliphatic heterocycles. The fraction of sp³-hybridized carbons (Fsp3) is 0.389. The maximum absolute atomic E-state index is 14.2. The SMILES string of the molecule is CCC(C)(C)C(=O)C(=O)C1C(CCCc2ccccc2)CCCC1(C(=O)O)c1cccc(C(=O)c2ccccc2)c1. The zero-order valence-electron chi connectivity index (χ0n) is 24.3. The van der Waals surface area contributed by atoms with Crippen LogP contribution in [0.3, 0.4) is 0 Å². The summed E-state index contributed by atoms with van der Waals surface area (Å²) in [5.41, 5.74) is -0.0144. The average molecular weight is 553 g/mol. The van der Waals surface area contributed by atoms with Gasteiger partial charge in [0.1, 0.15) is 5.41 Å². The van der Waals surface area contributed by atoms with Crippen molar-refractivity contribution < 1.29 is 24.3 Å². The minimum Gasteiger partial charge on any atom is -0.481 e. The van der Waals surface area contributed by atoms with E-state index in [0.717, 1.165) is 12.8 Å². The van der Waals surface area contributed by atoms with Gasteiger partial charge in [-0.1, -0.05) is 106 Å². The van der Waals surface area contributed by atoms with Crippen LogP contribution < -0.4 is 0 Å². The number of carbonyl (C=O) groups excluding carboxylic acids is 3. The standard InChI is InChI=1S/C36H40O5/c1-4-35(2,3)33(39)32(38)30-26(19-11-16-25-14-7-5-8-15-25)21-13-23-36(30,34(40)41)29-22-12-20-28(24-29)31(37)27-17-9-6-10-18-27/h5-10,12,14-15,17-18,20,22,24,26,30H,4,11,13,16,19,21,23H2,1-3H3,(H,40,41). The van der Waals surface area contributed by atoms with Crippen LogP contribution in [0.25, 0.3) is 0 Å². The molecule has 0 spiro atoms. The summed E-state index contributed by atoms with van der Waals surface area (Å²) in [5.74, 6) is -3.71. The maximum atomic E-state index is 14.2. The molecule has 214 valence electrons. The molecule has 5 heteroatoms. The van der Waals surface area contributed by atoms with Crippen LogP contribution in [0.15, 0.2) is 84.9 Å². The summed E-state index contributed by atoms with van der Waals surface area (Å²) in [4.78, 5) is 54.5. The minimum atomic E-state index is -1.60. The third-order valence-corrected chi connectivity index (χ3v) is 9.09. The third-order valence-electron chi connectivity index (χ3n) is 9.09. The van der Waals surface area contributed by atoms with Crippen LogP contribution in [0.1, 0.15) is 86.3 Å². The number of benzene rings is 3. The second-order valence-corrected chi connectivity index (χ2v) is 12.0. The number of aliphatic carboxylic acids is 1. The van der Waals surface area contributed by atoms with Gasteiger partial charge in [-0.05, 0) is 61.6 Å². The van der Waals surface area contributed by atoms with Crippen molar-refractivity contribution in [3.05, 3.63) is 107 Å². The highest BCUT2D eigenvalue weighted by Crippen LogP contribution is 2.50. The number of carbonyl (C=O) groups is 4. The lowest BCUT2D eigenvalue weighted by molar-refractivity contribution is -0.157. The maximum Gasteiger partial charge on any atom is 0.314 e. The Hall–Kier alpha value is -3.86. The monoisotopic (exact) mass is 552 g/mol. The third kappa shape index (κ3) is 6.24. The largest absolute Gasteiger partial charge is 0.481 e. The number of carboxylic acids is 1. The van der Waals surface area contributed by atoms with Crippen LogP contribution >= 0.6 is 0 Å². The van der Waals surface area contributed by atoms with Crippen LogP contribution in [0.5, 0.6) is 0 Å². The topological polar surface area (TPSA) is 88.5 Å². The molecular formula is C36H40O5. The quantitative estimate of drug-likeness (QED) is 0.189. The molecule has 4 rings (SSSR count). The number of hydrogen-bond acceptors (Lipinski definition) is 4. The highest BCUT2D eigenvalue weighted by atomic mass is 16.4. The Balaban J connectivity index is 1.77. The van der Waals surface area contributed by atoms with Gasteiger partial charge < -0.3 is 5.11 Å². The average Bonchev–Trinajstić information content (AvgIpc) is 3.00. The first-order chi connectivity index (χ1) is 19.6. The summed E-state index contributed by atoms with van der Waals surface area (Å²) in [6.45, 7) is 5.37. The van der Waals surface area contributed by atoms with Gasteiger partial charge in [-0.2, -0.15) is 0 Å². The highest BCUT2D eigenvalue weighted by Gasteiger charge is 2.57. The van der Waals surface area contributed by atoms with Gasteiger partial charge in [0.05, 0.1) is 0 Å². The summed E-state index contributed by atoms with van der Waals surface area (Å²) in [5, 5.41) is 10.9. The molecule has 41 heavy (non-hydrogen) atoms. The molecule has 1 N–H and O–H groups in total. The number of aryl methyl sites for hydroxylation is 1. The van der Waals surface area contributed by atoms with Gasteiger partial charge in [0, 0.05) is 22.5 Å². The van der Waals surface area contributed by atoms with Crippen molar-refractivity contribution in [3.63, 3.8) is 0 Å². The molecule has 0 heterocycles. The Morgan fingerprint density at radius 2 is 1.51 bits per heavy atom. The summed E-state index contributed by atoms with van der Waals surface area (Å²) in [6.07, 6.45) is 4.25. The van der Waals surface area contributed by atoms with Gasteiger partial charge in [0.2, 0.25) is 11.6 Å². The molecular weight excluding hydrogens is 512 g/mol. The molecule has 3 aromatic rings. The smallest absolute Gasteiger partial charge is 0.314 e. The first-order valence-electron chi connectivity index (χ1n) is 14.7. The van der Waals surface area contributed by atoms with Gasteiger partial charge in [-0.3, -0.25) is 19.2 Å². The second kappa shape index (κ2) is 12.8. The Morgan fingerprint density at radius 1 is 0.878 bits per heavy atom. The van der Waals surface area contributed by atoms with Crippen LogP contribution in [-0.4, -0.2) is 28.4 Å². The van der Waals surface area contributed by atoms with Crippen molar-refractivity contribution in [1.82, 2.24) is 0 Å². The molecule has 0 bridgehead atoms. The van der Waals surface area contributed by atoms with Crippen LogP contribution in [-0.2, 0) is 26.2 Å². The minimum absolute atomic E-state index is 0.214. The number of rotatable bonds is 12. The van der Waals surface area contributed by atoms with Crippen molar-refractivity contribution in [1.29, 1.82) is 0 Å². The second-order valence-electron chi connectivity index (χ2n) is 12.0. The Morgan fingerprint density at radius 3 is 2.15 bits per heavy atom. The van der Waals surface area contributed by atoms with Crippen LogP contribution in [0.4, 0.5) is 0 Å². The van der Waals surface area contributed by atoms with Crippen molar-refractivity contribution in [2.45, 2.75) is 71.1 Å². The molecule has 0 aromatic heterocycles. The summed E-state index contributed by atoms with van der Waals surface area (Å²) in [6, 6.07) is 25.6. The molecule has 1 fully saturated rings. The first kappa shape index (κ1) is 30.1. The zero-order valence-corrected chi connectivity index (χ0v) is 24.3. The molecule has 1 aliphatic carbocycles. The van der Waals surface area contributed by atoms with Gasteiger partial charge in [0.15, 0.2) is 5.78 Å². The van der Waals surface area contributed by atoms with E-state index in [2.05, 4.69) is 12.1 Å². The van der Waals surface area contributed by atoms with E-state index in [1.807, 2.05) is 31.2 Å². The predicted octanol–water partition coefficient (Wildman–Crippen LogP) is 7.25. The Kier molecular flexibility index (Phi) is 9.37. The highest BCUT2D eigenvalue weighted by molar-refractivity contribution is 6.40.